The van der Waals surface area contributed by atoms with Crippen molar-refractivity contribution in [3.8, 4) is 0 Å². The van der Waals surface area contributed by atoms with Crippen molar-refractivity contribution in [3.05, 3.63) is 58.3 Å². The summed E-state index contributed by atoms with van der Waals surface area (Å²) >= 11 is 3.43. The van der Waals surface area contributed by atoms with Crippen LogP contribution in [-0.4, -0.2) is 24.0 Å². The van der Waals surface area contributed by atoms with Crippen molar-refractivity contribution in [2.75, 3.05) is 19.4 Å². The zero-order chi connectivity index (χ0) is 13.7. The van der Waals surface area contributed by atoms with Crippen LogP contribution in [0.5, 0.6) is 0 Å². The average molecular weight is 320 g/mol. The number of nitrogens with zero attached hydrogens (tertiary/aromatic N) is 2. The minimum absolute atomic E-state index is 0.776. The first-order valence-electron chi connectivity index (χ1n) is 6.20. The van der Waals surface area contributed by atoms with Gasteiger partial charge in [0.25, 0.3) is 0 Å². The first-order valence-corrected chi connectivity index (χ1v) is 7.00. The molecule has 100 valence electrons. The van der Waals surface area contributed by atoms with Crippen molar-refractivity contribution in [3.63, 3.8) is 0 Å². The van der Waals surface area contributed by atoms with Crippen molar-refractivity contribution in [1.29, 1.82) is 0 Å². The van der Waals surface area contributed by atoms with E-state index in [0.717, 1.165) is 28.8 Å². The fourth-order valence-corrected chi connectivity index (χ4v) is 2.31. The third-order valence-corrected chi connectivity index (χ3v) is 3.12. The molecule has 2 aromatic rings. The van der Waals surface area contributed by atoms with E-state index in [9.17, 15) is 0 Å². The lowest BCUT2D eigenvalue weighted by Crippen LogP contribution is -2.10. The molecule has 0 fully saturated rings. The number of aromatic nitrogens is 1. The smallest absolute Gasteiger partial charge is 0.0416 e. The first kappa shape index (κ1) is 14.0. The monoisotopic (exact) mass is 319 g/mol. The fourth-order valence-electron chi connectivity index (χ4n) is 1.90. The maximum atomic E-state index is 4.16. The van der Waals surface area contributed by atoms with Gasteiger partial charge in [-0.05, 0) is 59.4 Å². The van der Waals surface area contributed by atoms with Crippen molar-refractivity contribution >= 4 is 21.6 Å². The van der Waals surface area contributed by atoms with Gasteiger partial charge in [-0.15, -0.1) is 0 Å². The van der Waals surface area contributed by atoms with Gasteiger partial charge in [0, 0.05) is 35.6 Å². The zero-order valence-electron chi connectivity index (χ0n) is 11.2. The number of anilines is 1. The summed E-state index contributed by atoms with van der Waals surface area (Å²) in [5.41, 5.74) is 3.61. The second-order valence-corrected chi connectivity index (χ2v) is 5.72. The SMILES string of the molecule is CN(C)Cc1cccc(NCc2cncc(Br)c2)c1. The topological polar surface area (TPSA) is 28.2 Å². The molecule has 0 aliphatic heterocycles. The number of nitrogens with one attached hydrogen (secondary N) is 1. The lowest BCUT2D eigenvalue weighted by molar-refractivity contribution is 0.402. The van der Waals surface area contributed by atoms with Crippen LogP contribution in [0, 0.1) is 0 Å². The van der Waals surface area contributed by atoms with Crippen LogP contribution in [0.3, 0.4) is 0 Å². The molecule has 1 heterocycles. The molecule has 0 bridgehead atoms. The largest absolute Gasteiger partial charge is 0.381 e. The Hall–Kier alpha value is -1.39. The standard InChI is InChI=1S/C15H18BrN3/c1-19(2)11-12-4-3-5-15(7-12)18-9-13-6-14(16)10-17-8-13/h3-8,10,18H,9,11H2,1-2H3. The molecule has 2 rings (SSSR count). The molecular weight excluding hydrogens is 302 g/mol. The second kappa shape index (κ2) is 6.68. The predicted molar refractivity (Wildman–Crippen MR) is 83.1 cm³/mol. The maximum absolute atomic E-state index is 4.16. The maximum Gasteiger partial charge on any atom is 0.0416 e. The normalized spacial score (nSPS) is 10.7. The molecule has 0 atom stereocenters. The molecule has 0 aliphatic carbocycles. The van der Waals surface area contributed by atoms with E-state index < -0.39 is 0 Å². The zero-order valence-corrected chi connectivity index (χ0v) is 12.8. The molecule has 19 heavy (non-hydrogen) atoms. The summed E-state index contributed by atoms with van der Waals surface area (Å²) in [6, 6.07) is 10.6. The van der Waals surface area contributed by atoms with Crippen LogP contribution in [0.25, 0.3) is 0 Å². The van der Waals surface area contributed by atoms with Crippen molar-refractivity contribution in [2.24, 2.45) is 0 Å². The highest BCUT2D eigenvalue weighted by molar-refractivity contribution is 9.10. The van der Waals surface area contributed by atoms with E-state index >= 15 is 0 Å². The van der Waals surface area contributed by atoms with E-state index in [1.807, 2.05) is 6.20 Å². The van der Waals surface area contributed by atoms with E-state index in [-0.39, 0.29) is 0 Å². The number of halogens is 1. The molecule has 0 amide bonds. The summed E-state index contributed by atoms with van der Waals surface area (Å²) in [5, 5.41) is 3.42. The molecule has 0 spiro atoms. The fraction of sp³-hybridized carbons (Fsp3) is 0.267. The lowest BCUT2D eigenvalue weighted by atomic mass is 10.2. The molecule has 3 nitrogen and oxygen atoms in total. The van der Waals surface area contributed by atoms with E-state index in [1.54, 1.807) is 6.20 Å². The number of pyridine rings is 1. The highest BCUT2D eigenvalue weighted by atomic mass is 79.9. The summed E-state index contributed by atoms with van der Waals surface area (Å²) in [6.07, 6.45) is 3.67. The molecule has 0 saturated heterocycles. The summed E-state index contributed by atoms with van der Waals surface area (Å²) in [7, 11) is 4.15. The van der Waals surface area contributed by atoms with Crippen LogP contribution in [0.4, 0.5) is 5.69 Å². The Bertz CT molecular complexity index is 540. The van der Waals surface area contributed by atoms with Crippen molar-refractivity contribution < 1.29 is 0 Å². The van der Waals surface area contributed by atoms with Gasteiger partial charge in [0.05, 0.1) is 0 Å². The number of rotatable bonds is 5. The van der Waals surface area contributed by atoms with Crippen LogP contribution < -0.4 is 5.32 Å². The first-order chi connectivity index (χ1) is 9.13. The minimum atomic E-state index is 0.776. The van der Waals surface area contributed by atoms with Gasteiger partial charge >= 0.3 is 0 Å². The highest BCUT2D eigenvalue weighted by Crippen LogP contribution is 2.14. The summed E-state index contributed by atoms with van der Waals surface area (Å²) in [4.78, 5) is 6.32. The van der Waals surface area contributed by atoms with Gasteiger partial charge in [-0.1, -0.05) is 12.1 Å². The Balaban J connectivity index is 1.99. The predicted octanol–water partition coefficient (Wildman–Crippen LogP) is 3.52. The van der Waals surface area contributed by atoms with Crippen LogP contribution in [0.1, 0.15) is 11.1 Å². The molecule has 0 radical (unpaired) electrons. The molecule has 4 heteroatoms. The molecule has 0 unspecified atom stereocenters. The Morgan fingerprint density at radius 1 is 1.16 bits per heavy atom. The molecular formula is C15H18BrN3. The number of hydrogen-bond donors (Lipinski definition) is 1. The van der Waals surface area contributed by atoms with E-state index in [2.05, 4.69) is 75.6 Å². The van der Waals surface area contributed by atoms with Gasteiger partial charge in [0.2, 0.25) is 0 Å². The van der Waals surface area contributed by atoms with Gasteiger partial charge < -0.3 is 10.2 Å². The third kappa shape index (κ3) is 4.65. The molecule has 1 aromatic carbocycles. The van der Waals surface area contributed by atoms with E-state index in [4.69, 9.17) is 0 Å². The summed E-state index contributed by atoms with van der Waals surface area (Å²) < 4.78 is 1.01. The van der Waals surface area contributed by atoms with Gasteiger partial charge in [0.15, 0.2) is 0 Å². The quantitative estimate of drug-likeness (QED) is 0.914. The van der Waals surface area contributed by atoms with Crippen LogP contribution >= 0.6 is 15.9 Å². The highest BCUT2D eigenvalue weighted by Gasteiger charge is 1.99. The van der Waals surface area contributed by atoms with Gasteiger partial charge in [-0.2, -0.15) is 0 Å². The Kier molecular flexibility index (Phi) is 4.93. The van der Waals surface area contributed by atoms with Gasteiger partial charge in [0.1, 0.15) is 0 Å². The van der Waals surface area contributed by atoms with Crippen molar-refractivity contribution in [2.45, 2.75) is 13.1 Å². The molecule has 1 N–H and O–H groups in total. The van der Waals surface area contributed by atoms with Gasteiger partial charge in [-0.25, -0.2) is 0 Å². The number of hydrogen-bond acceptors (Lipinski definition) is 3. The Morgan fingerprint density at radius 2 is 2.00 bits per heavy atom. The van der Waals surface area contributed by atoms with E-state index in [0.29, 0.717) is 0 Å². The Labute approximate surface area is 122 Å². The lowest BCUT2D eigenvalue weighted by Gasteiger charge is -2.12. The van der Waals surface area contributed by atoms with Crippen LogP contribution in [-0.2, 0) is 13.1 Å². The number of benzene rings is 1. The second-order valence-electron chi connectivity index (χ2n) is 4.80. The van der Waals surface area contributed by atoms with Crippen LogP contribution in [0.2, 0.25) is 0 Å². The molecule has 0 aliphatic rings. The average Bonchev–Trinajstić information content (AvgIpc) is 2.36. The van der Waals surface area contributed by atoms with E-state index in [1.165, 1.54) is 5.56 Å². The van der Waals surface area contributed by atoms with Gasteiger partial charge in [-0.3, -0.25) is 4.98 Å². The Morgan fingerprint density at radius 3 is 2.74 bits per heavy atom. The summed E-state index contributed by atoms with van der Waals surface area (Å²) in [5.74, 6) is 0. The summed E-state index contributed by atoms with van der Waals surface area (Å²) in [6.45, 7) is 1.73. The molecule has 0 saturated carbocycles. The van der Waals surface area contributed by atoms with Crippen molar-refractivity contribution in [1.82, 2.24) is 9.88 Å². The van der Waals surface area contributed by atoms with Crippen LogP contribution in [0.15, 0.2) is 47.2 Å². The molecule has 1 aromatic heterocycles. The minimum Gasteiger partial charge on any atom is -0.381 e. The third-order valence-electron chi connectivity index (χ3n) is 2.68.